The van der Waals surface area contributed by atoms with Gasteiger partial charge >= 0.3 is 0 Å². The Labute approximate surface area is 221 Å². The first-order chi connectivity index (χ1) is 18.2. The molecule has 2 aliphatic heterocycles. The maximum absolute atomic E-state index is 13.7. The average molecular weight is 500 g/mol. The summed E-state index contributed by atoms with van der Waals surface area (Å²) in [7, 11) is 0. The zero-order valence-electron chi connectivity index (χ0n) is 20.3. The van der Waals surface area contributed by atoms with E-state index < -0.39 is 0 Å². The molecule has 0 aliphatic carbocycles. The average Bonchev–Trinajstić information content (AvgIpc) is 3.37. The summed E-state index contributed by atoms with van der Waals surface area (Å²) >= 11 is 1.60. The second-order valence-electron chi connectivity index (χ2n) is 8.96. The van der Waals surface area contributed by atoms with Crippen molar-refractivity contribution < 1.29 is 4.79 Å². The number of fused-ring (bicyclic) bond motifs is 1. The zero-order valence-corrected chi connectivity index (χ0v) is 21.2. The SMILES string of the molecule is CC1=C(C(=O)Nc2ccccc2)[C@H](c2ccccc2)N2C(c3ccc(-c4ccccc4)cc3)=CSC2=N1. The fourth-order valence-corrected chi connectivity index (χ4v) is 5.79. The number of hydrogen-bond donors (Lipinski definition) is 1. The van der Waals surface area contributed by atoms with Crippen LogP contribution in [0.5, 0.6) is 0 Å². The van der Waals surface area contributed by atoms with Gasteiger partial charge in [0.15, 0.2) is 5.17 Å². The number of anilines is 1. The van der Waals surface area contributed by atoms with E-state index in [4.69, 9.17) is 4.99 Å². The molecule has 5 heteroatoms. The van der Waals surface area contributed by atoms with Crippen LogP contribution >= 0.6 is 11.8 Å². The van der Waals surface area contributed by atoms with Crippen LogP contribution in [-0.4, -0.2) is 16.0 Å². The smallest absolute Gasteiger partial charge is 0.255 e. The number of hydrogen-bond acceptors (Lipinski definition) is 4. The van der Waals surface area contributed by atoms with Crippen molar-refractivity contribution in [3.63, 3.8) is 0 Å². The highest BCUT2D eigenvalue weighted by Gasteiger charge is 2.40. The molecule has 0 saturated heterocycles. The summed E-state index contributed by atoms with van der Waals surface area (Å²) in [4.78, 5) is 20.8. The molecule has 1 N–H and O–H groups in total. The Balaban J connectivity index is 1.39. The van der Waals surface area contributed by atoms with Crippen LogP contribution in [0.15, 0.2) is 137 Å². The number of allylic oxidation sites excluding steroid dienone is 1. The third kappa shape index (κ3) is 4.50. The van der Waals surface area contributed by atoms with Gasteiger partial charge in [0.1, 0.15) is 0 Å². The van der Waals surface area contributed by atoms with Crippen molar-refractivity contribution in [2.24, 2.45) is 4.99 Å². The van der Waals surface area contributed by atoms with Gasteiger partial charge in [-0.2, -0.15) is 0 Å². The Hall–Kier alpha value is -4.35. The van der Waals surface area contributed by atoms with E-state index in [0.29, 0.717) is 5.57 Å². The monoisotopic (exact) mass is 499 g/mol. The lowest BCUT2D eigenvalue weighted by molar-refractivity contribution is -0.113. The van der Waals surface area contributed by atoms with Crippen molar-refractivity contribution in [1.29, 1.82) is 0 Å². The molecule has 0 unspecified atom stereocenters. The highest BCUT2D eigenvalue weighted by molar-refractivity contribution is 8.16. The maximum Gasteiger partial charge on any atom is 0.255 e. The van der Waals surface area contributed by atoms with Gasteiger partial charge in [0.25, 0.3) is 5.91 Å². The van der Waals surface area contributed by atoms with Crippen molar-refractivity contribution in [3.05, 3.63) is 143 Å². The minimum atomic E-state index is -0.299. The standard InChI is InChI=1S/C32H25N3OS/c1-22-29(31(36)34-27-15-9-4-10-16-27)30(26-13-7-3-8-14-26)35-28(21-37-32(35)33-22)25-19-17-24(18-20-25)23-11-5-2-6-12-23/h2-21,30H,1H3,(H,34,36)/t30-/m0/s1. The van der Waals surface area contributed by atoms with E-state index in [1.165, 1.54) is 11.1 Å². The molecule has 0 aromatic heterocycles. The zero-order chi connectivity index (χ0) is 25.2. The summed E-state index contributed by atoms with van der Waals surface area (Å²) in [5, 5.41) is 6.10. The first kappa shape index (κ1) is 23.1. The van der Waals surface area contributed by atoms with Crippen molar-refractivity contribution in [2.75, 3.05) is 5.32 Å². The van der Waals surface area contributed by atoms with Gasteiger partial charge in [-0.3, -0.25) is 4.79 Å². The Kier molecular flexibility index (Phi) is 6.21. The number of carbonyl (C=O) groups is 1. The molecular weight excluding hydrogens is 474 g/mol. The number of nitrogens with one attached hydrogen (secondary N) is 1. The molecule has 2 aliphatic rings. The number of para-hydroxylation sites is 1. The largest absolute Gasteiger partial charge is 0.322 e. The molecule has 0 fully saturated rings. The molecule has 4 nitrogen and oxygen atoms in total. The molecule has 2 heterocycles. The second-order valence-corrected chi connectivity index (χ2v) is 9.80. The maximum atomic E-state index is 13.7. The molecule has 180 valence electrons. The highest BCUT2D eigenvalue weighted by Crippen LogP contribution is 2.47. The third-order valence-corrected chi connectivity index (χ3v) is 7.45. The number of nitrogens with zero attached hydrogens (tertiary/aromatic N) is 2. The van der Waals surface area contributed by atoms with Gasteiger partial charge in [0, 0.05) is 11.1 Å². The fraction of sp³-hybridized carbons (Fsp3) is 0.0625. The quantitative estimate of drug-likeness (QED) is 0.306. The van der Waals surface area contributed by atoms with Gasteiger partial charge < -0.3 is 10.2 Å². The number of aliphatic imine (C=N–C) groups is 1. The van der Waals surface area contributed by atoms with Crippen molar-refractivity contribution >= 4 is 34.2 Å². The number of thioether (sulfide) groups is 1. The van der Waals surface area contributed by atoms with Crippen LogP contribution in [-0.2, 0) is 4.79 Å². The lowest BCUT2D eigenvalue weighted by atomic mass is 9.92. The van der Waals surface area contributed by atoms with E-state index in [9.17, 15) is 4.79 Å². The van der Waals surface area contributed by atoms with E-state index in [1.54, 1.807) is 11.8 Å². The number of carbonyl (C=O) groups excluding carboxylic acids is 1. The minimum absolute atomic E-state index is 0.143. The highest BCUT2D eigenvalue weighted by atomic mass is 32.2. The molecule has 0 spiro atoms. The number of benzene rings is 4. The Morgan fingerprint density at radius 2 is 1.32 bits per heavy atom. The van der Waals surface area contributed by atoms with E-state index in [0.717, 1.165) is 33.4 Å². The molecular formula is C32H25N3OS. The van der Waals surface area contributed by atoms with Crippen molar-refractivity contribution in [3.8, 4) is 11.1 Å². The lowest BCUT2D eigenvalue weighted by Gasteiger charge is -2.36. The van der Waals surface area contributed by atoms with E-state index in [1.807, 2.05) is 61.5 Å². The summed E-state index contributed by atoms with van der Waals surface area (Å²) in [5.74, 6) is -0.143. The third-order valence-electron chi connectivity index (χ3n) is 6.61. The second kappa shape index (κ2) is 9.96. The molecule has 4 aromatic carbocycles. The van der Waals surface area contributed by atoms with Crippen LogP contribution in [0.4, 0.5) is 5.69 Å². The van der Waals surface area contributed by atoms with Crippen LogP contribution in [0.1, 0.15) is 24.1 Å². The van der Waals surface area contributed by atoms with Crippen molar-refractivity contribution in [2.45, 2.75) is 13.0 Å². The first-order valence-electron chi connectivity index (χ1n) is 12.2. The first-order valence-corrected chi connectivity index (χ1v) is 13.1. The van der Waals surface area contributed by atoms with Crippen LogP contribution in [0.2, 0.25) is 0 Å². The Morgan fingerprint density at radius 3 is 2.00 bits per heavy atom. The molecule has 1 amide bonds. The number of rotatable bonds is 5. The van der Waals surface area contributed by atoms with Crippen molar-refractivity contribution in [1.82, 2.24) is 4.90 Å². The molecule has 0 saturated carbocycles. The van der Waals surface area contributed by atoms with Crippen LogP contribution in [0.25, 0.3) is 16.8 Å². The van der Waals surface area contributed by atoms with E-state index in [-0.39, 0.29) is 11.9 Å². The number of amides is 1. The van der Waals surface area contributed by atoms with Gasteiger partial charge in [0.05, 0.1) is 23.0 Å². The molecule has 37 heavy (non-hydrogen) atoms. The van der Waals surface area contributed by atoms with Gasteiger partial charge in [-0.1, -0.05) is 115 Å². The van der Waals surface area contributed by atoms with Gasteiger partial charge in [-0.05, 0) is 41.3 Å². The molecule has 0 radical (unpaired) electrons. The topological polar surface area (TPSA) is 44.7 Å². The summed E-state index contributed by atoms with van der Waals surface area (Å²) in [6, 6.07) is 38.4. The van der Waals surface area contributed by atoms with Gasteiger partial charge in [-0.25, -0.2) is 4.99 Å². The predicted octanol–water partition coefficient (Wildman–Crippen LogP) is 7.72. The summed E-state index contributed by atoms with van der Waals surface area (Å²) in [5.41, 5.74) is 7.66. The summed E-state index contributed by atoms with van der Waals surface area (Å²) < 4.78 is 0. The lowest BCUT2D eigenvalue weighted by Crippen LogP contribution is -2.37. The van der Waals surface area contributed by atoms with E-state index in [2.05, 4.69) is 76.3 Å². The number of amidine groups is 1. The minimum Gasteiger partial charge on any atom is -0.322 e. The molecule has 6 rings (SSSR count). The summed E-state index contributed by atoms with van der Waals surface area (Å²) in [6.45, 7) is 1.92. The van der Waals surface area contributed by atoms with E-state index >= 15 is 0 Å². The predicted molar refractivity (Wildman–Crippen MR) is 154 cm³/mol. The molecule has 4 aromatic rings. The normalized spacial score (nSPS) is 16.7. The summed E-state index contributed by atoms with van der Waals surface area (Å²) in [6.07, 6.45) is 0. The van der Waals surface area contributed by atoms with Crippen LogP contribution < -0.4 is 5.32 Å². The van der Waals surface area contributed by atoms with Gasteiger partial charge in [0.2, 0.25) is 0 Å². The Morgan fingerprint density at radius 1 is 0.757 bits per heavy atom. The van der Waals surface area contributed by atoms with Gasteiger partial charge in [-0.15, -0.1) is 0 Å². The fourth-order valence-electron chi connectivity index (χ4n) is 4.82. The van der Waals surface area contributed by atoms with Crippen LogP contribution in [0, 0.1) is 0 Å². The molecule has 1 atom stereocenters. The molecule has 0 bridgehead atoms. The van der Waals surface area contributed by atoms with Crippen LogP contribution in [0.3, 0.4) is 0 Å². The Bertz CT molecular complexity index is 1530.